The number of methoxy groups -OCH3 is 1. The standard InChI is InChI=1S/C32H33F3N4O3/c1-22-7-9-24(10-8-22)31(18-26-20-41-21-42-26,38-15-13-36-14-16-38)30-37-27-17-25(32(33,34)35)11-12-28(27)39(30)19-23-5-3-4-6-29(23)40-2/h3-12,17,20,36H,13-16,18-19,21H2,1-2H3. The minimum atomic E-state index is -4.49. The first-order valence-electron chi connectivity index (χ1n) is 14.0. The molecule has 3 aromatic carbocycles. The second-order valence-electron chi connectivity index (χ2n) is 10.7. The monoisotopic (exact) mass is 578 g/mol. The zero-order valence-electron chi connectivity index (χ0n) is 23.6. The van der Waals surface area contributed by atoms with Crippen LogP contribution in [0, 0.1) is 6.92 Å². The smallest absolute Gasteiger partial charge is 0.416 e. The van der Waals surface area contributed by atoms with Crippen molar-refractivity contribution in [2.24, 2.45) is 0 Å². The first kappa shape index (κ1) is 28.1. The van der Waals surface area contributed by atoms with E-state index in [0.717, 1.165) is 41.9 Å². The molecule has 3 heterocycles. The average Bonchev–Trinajstić information content (AvgIpc) is 3.64. The number of hydrogen-bond donors (Lipinski definition) is 1. The molecule has 4 aromatic rings. The molecule has 0 aliphatic carbocycles. The van der Waals surface area contributed by atoms with Gasteiger partial charge < -0.3 is 24.1 Å². The van der Waals surface area contributed by atoms with Gasteiger partial charge in [-0.2, -0.15) is 13.2 Å². The number of fused-ring (bicyclic) bond motifs is 1. The third-order valence-corrected chi connectivity index (χ3v) is 8.11. The maximum absolute atomic E-state index is 13.9. The van der Waals surface area contributed by atoms with Crippen molar-refractivity contribution in [2.75, 3.05) is 40.1 Å². The lowest BCUT2D eigenvalue weighted by molar-refractivity contribution is -0.137. The number of piperazine rings is 1. The predicted molar refractivity (Wildman–Crippen MR) is 153 cm³/mol. The quantitative estimate of drug-likeness (QED) is 0.285. The highest BCUT2D eigenvalue weighted by Gasteiger charge is 2.47. The molecule has 2 aliphatic rings. The maximum atomic E-state index is 13.9. The Hall–Kier alpha value is -4.02. The van der Waals surface area contributed by atoms with Gasteiger partial charge in [0.15, 0.2) is 0 Å². The minimum Gasteiger partial charge on any atom is -0.496 e. The molecule has 220 valence electrons. The fourth-order valence-corrected chi connectivity index (χ4v) is 6.02. The topological polar surface area (TPSA) is 60.8 Å². The number of alkyl halides is 3. The number of ether oxygens (including phenoxy) is 3. The fraction of sp³-hybridized carbons (Fsp3) is 0.344. The molecule has 1 fully saturated rings. The van der Waals surface area contributed by atoms with Crippen molar-refractivity contribution >= 4 is 11.0 Å². The van der Waals surface area contributed by atoms with Gasteiger partial charge in [0.25, 0.3) is 0 Å². The lowest BCUT2D eigenvalue weighted by Crippen LogP contribution is -2.56. The summed E-state index contributed by atoms with van der Waals surface area (Å²) in [6, 6.07) is 19.7. The van der Waals surface area contributed by atoms with Gasteiger partial charge in [-0.25, -0.2) is 4.98 Å². The third-order valence-electron chi connectivity index (χ3n) is 8.11. The summed E-state index contributed by atoms with van der Waals surface area (Å²) in [5.74, 6) is 1.97. The molecule has 1 atom stereocenters. The Bertz CT molecular complexity index is 1590. The first-order valence-corrected chi connectivity index (χ1v) is 14.0. The van der Waals surface area contributed by atoms with Crippen LogP contribution in [0.25, 0.3) is 11.0 Å². The molecular formula is C32H33F3N4O3. The summed E-state index contributed by atoms with van der Waals surface area (Å²) in [4.78, 5) is 7.43. The van der Waals surface area contributed by atoms with E-state index in [2.05, 4.69) is 34.5 Å². The molecule has 0 bridgehead atoms. The van der Waals surface area contributed by atoms with E-state index in [1.54, 1.807) is 13.4 Å². The van der Waals surface area contributed by atoms with Crippen LogP contribution in [-0.2, 0) is 27.7 Å². The highest BCUT2D eigenvalue weighted by atomic mass is 19.4. The van der Waals surface area contributed by atoms with Crippen molar-refractivity contribution in [1.82, 2.24) is 19.8 Å². The molecule has 10 heteroatoms. The molecule has 2 aliphatic heterocycles. The number of para-hydroxylation sites is 1. The largest absolute Gasteiger partial charge is 0.496 e. The van der Waals surface area contributed by atoms with Crippen LogP contribution in [0.1, 0.15) is 34.5 Å². The van der Waals surface area contributed by atoms with Gasteiger partial charge >= 0.3 is 6.18 Å². The van der Waals surface area contributed by atoms with Crippen LogP contribution in [0.4, 0.5) is 13.2 Å². The van der Waals surface area contributed by atoms with E-state index in [4.69, 9.17) is 19.2 Å². The molecule has 1 aromatic heterocycles. The highest BCUT2D eigenvalue weighted by Crippen LogP contribution is 2.44. The summed E-state index contributed by atoms with van der Waals surface area (Å²) in [5.41, 5.74) is 2.23. The van der Waals surface area contributed by atoms with Gasteiger partial charge in [-0.15, -0.1) is 0 Å². The highest BCUT2D eigenvalue weighted by molar-refractivity contribution is 5.78. The summed E-state index contributed by atoms with van der Waals surface area (Å²) >= 11 is 0. The lowest BCUT2D eigenvalue weighted by atomic mass is 9.81. The number of aryl methyl sites for hydroxylation is 1. The van der Waals surface area contributed by atoms with Crippen molar-refractivity contribution < 1.29 is 27.4 Å². The van der Waals surface area contributed by atoms with E-state index in [0.29, 0.717) is 48.9 Å². The number of rotatable bonds is 8. The normalized spacial score (nSPS) is 17.4. The van der Waals surface area contributed by atoms with Gasteiger partial charge in [0, 0.05) is 38.2 Å². The van der Waals surface area contributed by atoms with E-state index in [1.807, 2.05) is 35.8 Å². The van der Waals surface area contributed by atoms with Crippen LogP contribution in [0.15, 0.2) is 78.8 Å². The molecule has 42 heavy (non-hydrogen) atoms. The van der Waals surface area contributed by atoms with Crippen LogP contribution in [0.3, 0.4) is 0 Å². The molecule has 1 saturated heterocycles. The Kier molecular flexibility index (Phi) is 7.59. The fourth-order valence-electron chi connectivity index (χ4n) is 6.02. The van der Waals surface area contributed by atoms with Gasteiger partial charge in [-0.1, -0.05) is 48.0 Å². The molecule has 7 nitrogen and oxygen atoms in total. The van der Waals surface area contributed by atoms with E-state index in [-0.39, 0.29) is 12.3 Å². The van der Waals surface area contributed by atoms with Crippen LogP contribution in [-0.4, -0.2) is 54.5 Å². The van der Waals surface area contributed by atoms with Crippen molar-refractivity contribution in [3.63, 3.8) is 0 Å². The summed E-state index contributed by atoms with van der Waals surface area (Å²) in [6.07, 6.45) is -2.48. The van der Waals surface area contributed by atoms with Crippen LogP contribution in [0.5, 0.6) is 5.75 Å². The average molecular weight is 579 g/mol. The van der Waals surface area contributed by atoms with Crippen molar-refractivity contribution in [1.29, 1.82) is 0 Å². The molecule has 0 amide bonds. The van der Waals surface area contributed by atoms with Gasteiger partial charge in [-0.3, -0.25) is 4.90 Å². The second kappa shape index (κ2) is 11.3. The summed E-state index contributed by atoms with van der Waals surface area (Å²) < 4.78 is 60.6. The Balaban J connectivity index is 1.66. The van der Waals surface area contributed by atoms with Crippen molar-refractivity contribution in [3.8, 4) is 5.75 Å². The third kappa shape index (κ3) is 5.20. The molecule has 0 saturated carbocycles. The predicted octanol–water partition coefficient (Wildman–Crippen LogP) is 5.81. The van der Waals surface area contributed by atoms with E-state index >= 15 is 0 Å². The molecule has 1 unspecified atom stereocenters. The molecule has 0 spiro atoms. The van der Waals surface area contributed by atoms with Crippen LogP contribution < -0.4 is 10.1 Å². The minimum absolute atomic E-state index is 0.118. The summed E-state index contributed by atoms with van der Waals surface area (Å²) in [7, 11) is 1.61. The van der Waals surface area contributed by atoms with E-state index < -0.39 is 17.3 Å². The van der Waals surface area contributed by atoms with Gasteiger partial charge in [0.2, 0.25) is 6.79 Å². The first-order chi connectivity index (χ1) is 20.3. The summed E-state index contributed by atoms with van der Waals surface area (Å²) in [6.45, 7) is 5.42. The van der Waals surface area contributed by atoms with Gasteiger partial charge in [0.1, 0.15) is 29.1 Å². The Morgan fingerprint density at radius 3 is 2.40 bits per heavy atom. The number of benzene rings is 3. The van der Waals surface area contributed by atoms with Crippen LogP contribution >= 0.6 is 0 Å². The second-order valence-corrected chi connectivity index (χ2v) is 10.7. The molecule has 0 radical (unpaired) electrons. The number of imidazole rings is 1. The van der Waals surface area contributed by atoms with Crippen molar-refractivity contribution in [2.45, 2.75) is 31.6 Å². The van der Waals surface area contributed by atoms with Crippen molar-refractivity contribution in [3.05, 3.63) is 107 Å². The van der Waals surface area contributed by atoms with Gasteiger partial charge in [0.05, 0.1) is 30.3 Å². The number of aromatic nitrogens is 2. The van der Waals surface area contributed by atoms with Gasteiger partial charge in [-0.05, 0) is 36.8 Å². The zero-order valence-corrected chi connectivity index (χ0v) is 23.6. The number of nitrogens with one attached hydrogen (secondary N) is 1. The molecule has 6 rings (SSSR count). The van der Waals surface area contributed by atoms with E-state index in [1.165, 1.54) is 6.07 Å². The Morgan fingerprint density at radius 2 is 1.71 bits per heavy atom. The SMILES string of the molecule is COc1ccccc1Cn1c(C(CC2=COCO2)(c2ccc(C)cc2)N2CCNCC2)nc2cc(C(F)(F)F)ccc21. The number of hydrogen-bond acceptors (Lipinski definition) is 6. The zero-order chi connectivity index (χ0) is 29.3. The lowest BCUT2D eigenvalue weighted by Gasteiger charge is -2.46. The maximum Gasteiger partial charge on any atom is 0.416 e. The van der Waals surface area contributed by atoms with E-state index in [9.17, 15) is 13.2 Å². The Morgan fingerprint density at radius 1 is 0.976 bits per heavy atom. The Labute approximate surface area is 242 Å². The molecular weight excluding hydrogens is 545 g/mol. The number of halogens is 3. The van der Waals surface area contributed by atoms with Crippen LogP contribution in [0.2, 0.25) is 0 Å². The number of nitrogens with zero attached hydrogens (tertiary/aromatic N) is 3. The summed E-state index contributed by atoms with van der Waals surface area (Å²) in [5, 5.41) is 3.43. The molecule has 1 N–H and O–H groups in total.